The number of nitrogens with two attached hydrogens (primary N) is 1. The maximum absolute atomic E-state index is 12.3. The van der Waals surface area contributed by atoms with Gasteiger partial charge in [0, 0.05) is 17.8 Å². The van der Waals surface area contributed by atoms with Crippen molar-refractivity contribution in [1.82, 2.24) is 5.32 Å². The van der Waals surface area contributed by atoms with E-state index in [1.165, 1.54) is 19.3 Å². The van der Waals surface area contributed by atoms with Crippen molar-refractivity contribution >= 4 is 11.6 Å². The molecule has 2 bridgehead atoms. The number of rotatable bonds is 3. The lowest BCUT2D eigenvalue weighted by Gasteiger charge is -2.23. The first-order chi connectivity index (χ1) is 9.17. The number of anilines is 1. The first kappa shape index (κ1) is 12.3. The fraction of sp³-hybridized carbons (Fsp3) is 0.533. The summed E-state index contributed by atoms with van der Waals surface area (Å²) in [5.74, 6) is 2.11. The molecular weight excluding hydrogens is 240 g/mol. The Balaban J connectivity index is 1.70. The zero-order valence-corrected chi connectivity index (χ0v) is 11.2. The summed E-state index contributed by atoms with van der Waals surface area (Å²) in [6.07, 6.45) is 5.00. The Kier molecular flexibility index (Phi) is 3.09. The molecule has 4 heteroatoms. The highest BCUT2D eigenvalue weighted by Gasteiger charge is 2.40. The molecule has 3 unspecified atom stereocenters. The van der Waals surface area contributed by atoms with Crippen LogP contribution in [0.3, 0.4) is 0 Å². The van der Waals surface area contributed by atoms with Gasteiger partial charge in [-0.2, -0.15) is 0 Å². The molecule has 1 aromatic rings. The number of methoxy groups -OCH3 is 1. The molecule has 2 aliphatic rings. The lowest BCUT2D eigenvalue weighted by molar-refractivity contribution is 0.0924. The number of hydrogen-bond donors (Lipinski definition) is 2. The van der Waals surface area contributed by atoms with Gasteiger partial charge in [-0.15, -0.1) is 0 Å². The molecule has 0 spiro atoms. The van der Waals surface area contributed by atoms with E-state index in [4.69, 9.17) is 10.5 Å². The van der Waals surface area contributed by atoms with Gasteiger partial charge in [-0.1, -0.05) is 6.42 Å². The lowest BCUT2D eigenvalue weighted by Crippen LogP contribution is -2.38. The van der Waals surface area contributed by atoms with Gasteiger partial charge in [0.15, 0.2) is 0 Å². The molecular formula is C15H20N2O2. The van der Waals surface area contributed by atoms with Gasteiger partial charge >= 0.3 is 0 Å². The Bertz CT molecular complexity index is 501. The normalized spacial score (nSPS) is 28.4. The van der Waals surface area contributed by atoms with Crippen molar-refractivity contribution in [2.24, 2.45) is 11.8 Å². The minimum Gasteiger partial charge on any atom is -0.497 e. The number of ether oxygens (including phenoxy) is 1. The Hall–Kier alpha value is -1.71. The maximum atomic E-state index is 12.3. The van der Waals surface area contributed by atoms with Crippen LogP contribution in [0.1, 0.15) is 36.0 Å². The van der Waals surface area contributed by atoms with Gasteiger partial charge in [0.1, 0.15) is 5.75 Å². The molecule has 1 aromatic carbocycles. The lowest BCUT2D eigenvalue weighted by atomic mass is 9.95. The summed E-state index contributed by atoms with van der Waals surface area (Å²) in [6.45, 7) is 0. The second-order valence-corrected chi connectivity index (χ2v) is 5.71. The van der Waals surface area contributed by atoms with Crippen LogP contribution in [0.15, 0.2) is 18.2 Å². The van der Waals surface area contributed by atoms with E-state index < -0.39 is 0 Å². The van der Waals surface area contributed by atoms with Gasteiger partial charge in [-0.25, -0.2) is 0 Å². The molecule has 19 heavy (non-hydrogen) atoms. The predicted molar refractivity (Wildman–Crippen MR) is 74.1 cm³/mol. The Morgan fingerprint density at radius 2 is 2.21 bits per heavy atom. The second-order valence-electron chi connectivity index (χ2n) is 5.71. The minimum atomic E-state index is -0.0577. The van der Waals surface area contributed by atoms with E-state index in [1.807, 2.05) is 0 Å². The van der Waals surface area contributed by atoms with Crippen molar-refractivity contribution in [3.05, 3.63) is 23.8 Å². The molecule has 4 nitrogen and oxygen atoms in total. The van der Waals surface area contributed by atoms with Crippen molar-refractivity contribution < 1.29 is 9.53 Å². The zero-order valence-electron chi connectivity index (χ0n) is 11.2. The topological polar surface area (TPSA) is 64.3 Å². The maximum Gasteiger partial charge on any atom is 0.253 e. The van der Waals surface area contributed by atoms with Crippen LogP contribution >= 0.6 is 0 Å². The zero-order chi connectivity index (χ0) is 13.4. The number of hydrogen-bond acceptors (Lipinski definition) is 3. The average Bonchev–Trinajstić information content (AvgIpc) is 3.00. The summed E-state index contributed by atoms with van der Waals surface area (Å²) in [6, 6.07) is 5.53. The van der Waals surface area contributed by atoms with Crippen LogP contribution in [0.25, 0.3) is 0 Å². The predicted octanol–water partition coefficient (Wildman–Crippen LogP) is 2.20. The highest BCUT2D eigenvalue weighted by molar-refractivity contribution is 5.99. The van der Waals surface area contributed by atoms with Crippen LogP contribution in [0.5, 0.6) is 5.75 Å². The second kappa shape index (κ2) is 4.76. The minimum absolute atomic E-state index is 0.0577. The SMILES string of the molecule is COc1ccc(C(=O)NC2CC3CCC2C3)c(N)c1. The van der Waals surface area contributed by atoms with Crippen LogP contribution in [-0.4, -0.2) is 19.1 Å². The number of benzene rings is 1. The molecule has 0 heterocycles. The van der Waals surface area contributed by atoms with Gasteiger partial charge in [-0.3, -0.25) is 4.79 Å². The molecule has 0 radical (unpaired) electrons. The Morgan fingerprint density at radius 3 is 2.79 bits per heavy atom. The van der Waals surface area contributed by atoms with E-state index in [1.54, 1.807) is 25.3 Å². The quantitative estimate of drug-likeness (QED) is 0.819. The fourth-order valence-corrected chi connectivity index (χ4v) is 3.54. The molecule has 0 aromatic heterocycles. The number of carbonyl (C=O) groups excluding carboxylic acids is 1. The third-order valence-corrected chi connectivity index (χ3v) is 4.56. The van der Waals surface area contributed by atoms with E-state index in [0.717, 1.165) is 12.3 Å². The van der Waals surface area contributed by atoms with E-state index in [9.17, 15) is 4.79 Å². The number of fused-ring (bicyclic) bond motifs is 2. The third-order valence-electron chi connectivity index (χ3n) is 4.56. The Labute approximate surface area is 113 Å². The van der Waals surface area contributed by atoms with E-state index in [2.05, 4.69) is 5.32 Å². The van der Waals surface area contributed by atoms with Crippen molar-refractivity contribution in [3.8, 4) is 5.75 Å². The summed E-state index contributed by atoms with van der Waals surface area (Å²) >= 11 is 0. The average molecular weight is 260 g/mol. The van der Waals surface area contributed by atoms with Gasteiger partial charge in [0.05, 0.1) is 12.7 Å². The van der Waals surface area contributed by atoms with E-state index >= 15 is 0 Å². The van der Waals surface area contributed by atoms with Crippen LogP contribution in [0, 0.1) is 11.8 Å². The molecule has 0 aliphatic heterocycles. The molecule has 102 valence electrons. The van der Waals surface area contributed by atoms with Crippen molar-refractivity contribution in [2.45, 2.75) is 31.7 Å². The largest absolute Gasteiger partial charge is 0.497 e. The first-order valence-corrected chi connectivity index (χ1v) is 6.91. The van der Waals surface area contributed by atoms with Crippen molar-refractivity contribution in [1.29, 1.82) is 0 Å². The van der Waals surface area contributed by atoms with E-state index in [-0.39, 0.29) is 5.91 Å². The number of carbonyl (C=O) groups is 1. The molecule has 3 N–H and O–H groups in total. The molecule has 0 saturated heterocycles. The van der Waals surface area contributed by atoms with Crippen LogP contribution in [0.4, 0.5) is 5.69 Å². The molecule has 2 fully saturated rings. The van der Waals surface area contributed by atoms with Gasteiger partial charge in [0.25, 0.3) is 5.91 Å². The summed E-state index contributed by atoms with van der Waals surface area (Å²) in [7, 11) is 1.59. The fourth-order valence-electron chi connectivity index (χ4n) is 3.54. The van der Waals surface area contributed by atoms with Crippen molar-refractivity contribution in [3.63, 3.8) is 0 Å². The monoisotopic (exact) mass is 260 g/mol. The van der Waals surface area contributed by atoms with E-state index in [0.29, 0.717) is 29.0 Å². The molecule has 1 amide bonds. The van der Waals surface area contributed by atoms with Crippen LogP contribution in [0.2, 0.25) is 0 Å². The Morgan fingerprint density at radius 1 is 1.37 bits per heavy atom. The summed E-state index contributed by atoms with van der Waals surface area (Å²) in [4.78, 5) is 12.3. The summed E-state index contributed by atoms with van der Waals surface area (Å²) in [5, 5.41) is 3.15. The number of nitrogens with one attached hydrogen (secondary N) is 1. The molecule has 3 rings (SSSR count). The third kappa shape index (κ3) is 2.27. The van der Waals surface area contributed by atoms with Crippen LogP contribution < -0.4 is 15.8 Å². The summed E-state index contributed by atoms with van der Waals surface area (Å²) < 4.78 is 5.09. The van der Waals surface area contributed by atoms with Crippen molar-refractivity contribution in [2.75, 3.05) is 12.8 Å². The standard InChI is InChI=1S/C15H20N2O2/c1-19-11-4-5-12(13(16)8-11)15(18)17-14-7-9-2-3-10(14)6-9/h4-5,8-10,14H,2-3,6-7,16H2,1H3,(H,17,18). The highest BCUT2D eigenvalue weighted by Crippen LogP contribution is 2.44. The number of amides is 1. The molecule has 3 atom stereocenters. The van der Waals surface area contributed by atoms with Gasteiger partial charge in [0.2, 0.25) is 0 Å². The van der Waals surface area contributed by atoms with Gasteiger partial charge in [-0.05, 0) is 43.2 Å². The number of nitrogen functional groups attached to an aromatic ring is 1. The van der Waals surface area contributed by atoms with Gasteiger partial charge < -0.3 is 15.8 Å². The first-order valence-electron chi connectivity index (χ1n) is 6.91. The summed E-state index contributed by atoms with van der Waals surface area (Å²) in [5.41, 5.74) is 6.92. The molecule has 2 saturated carbocycles. The highest BCUT2D eigenvalue weighted by atomic mass is 16.5. The molecule has 2 aliphatic carbocycles. The smallest absolute Gasteiger partial charge is 0.253 e. The van der Waals surface area contributed by atoms with Crippen LogP contribution in [-0.2, 0) is 0 Å².